The number of hydrogen-bond acceptors (Lipinski definition) is 4. The molecule has 0 aliphatic heterocycles. The molecule has 0 saturated carbocycles. The number of carboxylic acid groups (broad SMARTS) is 1. The molecule has 6 nitrogen and oxygen atoms in total. The second kappa shape index (κ2) is 14.8. The zero-order valence-corrected chi connectivity index (χ0v) is 12.6. The predicted molar refractivity (Wildman–Crippen MR) is 84.4 cm³/mol. The van der Waals surface area contributed by atoms with Crippen molar-refractivity contribution >= 4 is 41.4 Å². The summed E-state index contributed by atoms with van der Waals surface area (Å²) in [5, 5.41) is 20.8. The standard InChI is InChI=1S/C14H28N2O4.Na.H/c1-3-4-5-6-7-8-13(18)15-9-10-16(12(2)17)11-14(19)20;;/h12,17H,3-11H2,1-2H3,(H,15,18)(H,19,20);;. The topological polar surface area (TPSA) is 89.9 Å². The van der Waals surface area contributed by atoms with Gasteiger partial charge in [0.15, 0.2) is 0 Å². The molecule has 21 heavy (non-hydrogen) atoms. The van der Waals surface area contributed by atoms with Crippen molar-refractivity contribution in [3.8, 4) is 0 Å². The Morgan fingerprint density at radius 3 is 2.33 bits per heavy atom. The van der Waals surface area contributed by atoms with Crippen molar-refractivity contribution in [1.82, 2.24) is 10.2 Å². The van der Waals surface area contributed by atoms with Crippen LogP contribution in [0.4, 0.5) is 0 Å². The molecule has 0 heterocycles. The van der Waals surface area contributed by atoms with E-state index in [0.29, 0.717) is 19.5 Å². The van der Waals surface area contributed by atoms with Gasteiger partial charge in [-0.3, -0.25) is 14.5 Å². The fourth-order valence-electron chi connectivity index (χ4n) is 1.89. The van der Waals surface area contributed by atoms with Crippen LogP contribution in [0.25, 0.3) is 0 Å². The fourth-order valence-corrected chi connectivity index (χ4v) is 1.89. The summed E-state index contributed by atoms with van der Waals surface area (Å²) in [6.07, 6.45) is 5.19. The molecule has 1 atom stereocenters. The van der Waals surface area contributed by atoms with Crippen LogP contribution in [-0.2, 0) is 9.59 Å². The summed E-state index contributed by atoms with van der Waals surface area (Å²) in [6.45, 7) is 4.11. The number of carbonyl (C=O) groups excluding carboxylic acids is 1. The molecule has 1 unspecified atom stereocenters. The van der Waals surface area contributed by atoms with E-state index < -0.39 is 12.2 Å². The van der Waals surface area contributed by atoms with Crippen LogP contribution in [0.2, 0.25) is 0 Å². The molecule has 0 aromatic heterocycles. The third-order valence-electron chi connectivity index (χ3n) is 3.10. The molecular formula is C14H29N2NaO4. The van der Waals surface area contributed by atoms with Crippen LogP contribution in [0, 0.1) is 0 Å². The normalized spacial score (nSPS) is 11.8. The monoisotopic (exact) mass is 312 g/mol. The van der Waals surface area contributed by atoms with Crippen molar-refractivity contribution in [2.75, 3.05) is 19.6 Å². The van der Waals surface area contributed by atoms with E-state index in [1.807, 2.05) is 0 Å². The summed E-state index contributed by atoms with van der Waals surface area (Å²) in [5.41, 5.74) is 0. The predicted octanol–water partition coefficient (Wildman–Crippen LogP) is 0.540. The molecule has 0 aliphatic rings. The van der Waals surface area contributed by atoms with Gasteiger partial charge in [-0.05, 0) is 13.3 Å². The van der Waals surface area contributed by atoms with E-state index in [-0.39, 0.29) is 42.0 Å². The first-order chi connectivity index (χ1) is 9.47. The van der Waals surface area contributed by atoms with E-state index in [1.54, 1.807) is 0 Å². The van der Waals surface area contributed by atoms with E-state index in [1.165, 1.54) is 24.7 Å². The number of aliphatic carboxylic acids is 1. The summed E-state index contributed by atoms with van der Waals surface area (Å²) < 4.78 is 0. The molecule has 0 saturated heterocycles. The number of rotatable bonds is 12. The summed E-state index contributed by atoms with van der Waals surface area (Å²) >= 11 is 0. The Hall–Kier alpha value is -0.140. The van der Waals surface area contributed by atoms with Crippen LogP contribution >= 0.6 is 0 Å². The third-order valence-corrected chi connectivity index (χ3v) is 3.10. The number of hydrogen-bond donors (Lipinski definition) is 3. The van der Waals surface area contributed by atoms with Crippen molar-refractivity contribution in [3.63, 3.8) is 0 Å². The minimum atomic E-state index is -0.992. The fraction of sp³-hybridized carbons (Fsp3) is 0.857. The van der Waals surface area contributed by atoms with E-state index in [2.05, 4.69) is 12.2 Å². The first kappa shape index (κ1) is 23.1. The summed E-state index contributed by atoms with van der Waals surface area (Å²) in [6, 6.07) is 0. The molecular weight excluding hydrogens is 283 g/mol. The number of carboxylic acids is 1. The maximum absolute atomic E-state index is 11.5. The van der Waals surface area contributed by atoms with Gasteiger partial charge in [0.1, 0.15) is 6.23 Å². The molecule has 0 spiro atoms. The van der Waals surface area contributed by atoms with E-state index in [9.17, 15) is 14.7 Å². The molecule has 120 valence electrons. The quantitative estimate of drug-likeness (QED) is 0.278. The van der Waals surface area contributed by atoms with Crippen molar-refractivity contribution < 1.29 is 19.8 Å². The Bertz CT molecular complexity index is 288. The van der Waals surface area contributed by atoms with Gasteiger partial charge in [0.05, 0.1) is 6.54 Å². The van der Waals surface area contributed by atoms with Gasteiger partial charge >= 0.3 is 35.5 Å². The van der Waals surface area contributed by atoms with Gasteiger partial charge in [0.2, 0.25) is 5.91 Å². The number of nitrogens with one attached hydrogen (secondary N) is 1. The number of unbranched alkanes of at least 4 members (excludes halogenated alkanes) is 4. The maximum atomic E-state index is 11.5. The van der Waals surface area contributed by atoms with Crippen LogP contribution in [0.15, 0.2) is 0 Å². The summed E-state index contributed by atoms with van der Waals surface area (Å²) in [7, 11) is 0. The van der Waals surface area contributed by atoms with Gasteiger partial charge in [0.25, 0.3) is 0 Å². The van der Waals surface area contributed by atoms with Crippen LogP contribution in [0.5, 0.6) is 0 Å². The van der Waals surface area contributed by atoms with Crippen LogP contribution in [0.3, 0.4) is 0 Å². The summed E-state index contributed by atoms with van der Waals surface area (Å²) in [5.74, 6) is -1.00. The van der Waals surface area contributed by atoms with Gasteiger partial charge in [-0.15, -0.1) is 0 Å². The van der Waals surface area contributed by atoms with Gasteiger partial charge in [0, 0.05) is 19.5 Å². The molecule has 7 heteroatoms. The zero-order chi connectivity index (χ0) is 15.4. The number of nitrogens with zero attached hydrogens (tertiary/aromatic N) is 1. The first-order valence-corrected chi connectivity index (χ1v) is 7.38. The van der Waals surface area contributed by atoms with Crippen LogP contribution in [0.1, 0.15) is 52.4 Å². The zero-order valence-electron chi connectivity index (χ0n) is 12.6. The second-order valence-corrected chi connectivity index (χ2v) is 5.01. The molecule has 3 N–H and O–H groups in total. The molecule has 0 fully saturated rings. The Kier molecular flexibility index (Phi) is 16.3. The van der Waals surface area contributed by atoms with E-state index in [4.69, 9.17) is 5.11 Å². The third kappa shape index (κ3) is 14.6. The average molecular weight is 312 g/mol. The van der Waals surface area contributed by atoms with Crippen LogP contribution < -0.4 is 5.32 Å². The van der Waals surface area contributed by atoms with Crippen molar-refractivity contribution in [1.29, 1.82) is 0 Å². The number of aliphatic hydroxyl groups is 1. The SMILES string of the molecule is CCCCCCCC(=O)NCCN(CC(=O)O)C(C)O.[NaH]. The van der Waals surface area contributed by atoms with Crippen molar-refractivity contribution in [2.45, 2.75) is 58.6 Å². The number of carbonyl (C=O) groups is 2. The Morgan fingerprint density at radius 2 is 1.81 bits per heavy atom. The van der Waals surface area contributed by atoms with E-state index >= 15 is 0 Å². The molecule has 0 rings (SSSR count). The Morgan fingerprint density at radius 1 is 1.19 bits per heavy atom. The van der Waals surface area contributed by atoms with E-state index in [0.717, 1.165) is 19.3 Å². The minimum absolute atomic E-state index is 0. The average Bonchev–Trinajstić information content (AvgIpc) is 2.36. The molecule has 1 amide bonds. The first-order valence-electron chi connectivity index (χ1n) is 7.38. The Balaban J connectivity index is 0. The second-order valence-electron chi connectivity index (χ2n) is 5.01. The van der Waals surface area contributed by atoms with Gasteiger partial charge < -0.3 is 15.5 Å². The van der Waals surface area contributed by atoms with Gasteiger partial charge in [-0.2, -0.15) is 0 Å². The van der Waals surface area contributed by atoms with Crippen molar-refractivity contribution in [3.05, 3.63) is 0 Å². The molecule has 0 radical (unpaired) electrons. The molecule has 0 aromatic rings. The summed E-state index contributed by atoms with van der Waals surface area (Å²) in [4.78, 5) is 23.5. The number of amides is 1. The van der Waals surface area contributed by atoms with Gasteiger partial charge in [-0.1, -0.05) is 32.6 Å². The molecule has 0 aliphatic carbocycles. The number of aliphatic hydroxyl groups excluding tert-OH is 1. The molecule has 0 aromatic carbocycles. The van der Waals surface area contributed by atoms with Crippen molar-refractivity contribution in [2.24, 2.45) is 0 Å². The van der Waals surface area contributed by atoms with Crippen LogP contribution in [-0.4, -0.2) is 82.4 Å². The Labute approximate surface area is 149 Å². The molecule has 0 bridgehead atoms. The van der Waals surface area contributed by atoms with Gasteiger partial charge in [-0.25, -0.2) is 0 Å².